The molecule has 5 aliphatic rings. The highest BCUT2D eigenvalue weighted by Crippen LogP contribution is 2.67. The molecular weight excluding hydrogens is 416 g/mol. The van der Waals surface area contributed by atoms with E-state index in [2.05, 4.69) is 22.9 Å². The number of hydrogen-bond donors (Lipinski definition) is 0. The largest absolute Gasteiger partial charge is 0.374 e. The van der Waals surface area contributed by atoms with Crippen molar-refractivity contribution in [2.75, 3.05) is 18.5 Å². The number of hydrogen-bond acceptors (Lipinski definition) is 6. The molecule has 0 bridgehead atoms. The maximum atomic E-state index is 6.56. The number of ether oxygens (including phenoxy) is 6. The van der Waals surface area contributed by atoms with Crippen molar-refractivity contribution in [3.63, 3.8) is 0 Å². The van der Waals surface area contributed by atoms with E-state index in [1.54, 1.807) is 0 Å². The fourth-order valence-electron chi connectivity index (χ4n) is 6.58. The summed E-state index contributed by atoms with van der Waals surface area (Å²) in [6, 6.07) is 0. The molecule has 4 saturated heterocycles. The predicted octanol–water partition coefficient (Wildman–Crippen LogP) is 3.21. The monoisotopic (exact) mass is 446 g/mol. The maximum Gasteiger partial charge on any atom is 0.188 e. The van der Waals surface area contributed by atoms with Crippen molar-refractivity contribution in [2.24, 2.45) is 17.3 Å². The SMILES string of the molecule is C[C@H]1CO[C@]2(CBr)CC[C@]3([C@@H]([C@H]4COC(C)(C)O4)O[C@@H]4OC(C)(C)O[C@@H]43)[C@H]12. The predicted molar refractivity (Wildman–Crippen MR) is 100 cm³/mol. The fourth-order valence-corrected chi connectivity index (χ4v) is 7.37. The molecule has 0 aromatic carbocycles. The Hall–Kier alpha value is 0.240. The lowest BCUT2D eigenvalue weighted by molar-refractivity contribution is -0.242. The van der Waals surface area contributed by atoms with E-state index in [1.807, 2.05) is 27.7 Å². The molecule has 0 unspecified atom stereocenters. The average Bonchev–Trinajstić information content (AvgIpc) is 3.32. The molecule has 4 aliphatic heterocycles. The van der Waals surface area contributed by atoms with Gasteiger partial charge in [0.25, 0.3) is 0 Å². The average molecular weight is 447 g/mol. The minimum atomic E-state index is -0.637. The van der Waals surface area contributed by atoms with Gasteiger partial charge in [-0.25, -0.2) is 0 Å². The molecule has 0 aromatic heterocycles. The first-order valence-corrected chi connectivity index (χ1v) is 11.3. The van der Waals surface area contributed by atoms with Gasteiger partial charge in [0.1, 0.15) is 12.2 Å². The topological polar surface area (TPSA) is 55.4 Å². The highest BCUT2D eigenvalue weighted by Gasteiger charge is 2.75. The van der Waals surface area contributed by atoms with E-state index in [0.717, 1.165) is 24.8 Å². The van der Waals surface area contributed by atoms with E-state index < -0.39 is 11.6 Å². The van der Waals surface area contributed by atoms with E-state index in [4.69, 9.17) is 28.4 Å². The van der Waals surface area contributed by atoms with Crippen molar-refractivity contribution in [1.29, 1.82) is 0 Å². The van der Waals surface area contributed by atoms with Crippen LogP contribution in [-0.4, -0.2) is 60.3 Å². The lowest BCUT2D eigenvalue weighted by atomic mass is 9.63. The van der Waals surface area contributed by atoms with Crippen LogP contribution >= 0.6 is 15.9 Å². The summed E-state index contributed by atoms with van der Waals surface area (Å²) in [7, 11) is 0. The van der Waals surface area contributed by atoms with Gasteiger partial charge in [-0.2, -0.15) is 0 Å². The Bertz CT molecular complexity index is 626. The van der Waals surface area contributed by atoms with E-state index in [1.165, 1.54) is 0 Å². The Labute approximate surface area is 169 Å². The lowest BCUT2D eigenvalue weighted by Gasteiger charge is -2.44. The van der Waals surface area contributed by atoms with Crippen LogP contribution in [0.15, 0.2) is 0 Å². The molecule has 0 radical (unpaired) electrons. The smallest absolute Gasteiger partial charge is 0.188 e. The second-order valence-corrected chi connectivity index (χ2v) is 10.5. The van der Waals surface area contributed by atoms with E-state index in [0.29, 0.717) is 18.4 Å². The van der Waals surface area contributed by atoms with Gasteiger partial charge in [-0.15, -0.1) is 0 Å². The molecule has 8 atom stereocenters. The second-order valence-electron chi connectivity index (χ2n) is 9.93. The third-order valence-electron chi connectivity index (χ3n) is 7.32. The van der Waals surface area contributed by atoms with E-state index >= 15 is 0 Å². The highest BCUT2D eigenvalue weighted by atomic mass is 79.9. The standard InChI is InChI=1S/C20H31BrO6/c1-11-8-23-19(10-21)6-7-20(13(11)19)14(12-9-22-17(2,3)25-12)24-16-15(20)26-18(4,5)27-16/h11-16H,6-10H2,1-5H3/t11-,12+,13+,14+,15-,16+,19-,20+/m0/s1. The zero-order chi connectivity index (χ0) is 19.2. The third kappa shape index (κ3) is 2.58. The molecule has 1 spiro atoms. The van der Waals surface area contributed by atoms with Crippen molar-refractivity contribution in [3.8, 4) is 0 Å². The molecule has 6 nitrogen and oxygen atoms in total. The summed E-state index contributed by atoms with van der Waals surface area (Å²) in [4.78, 5) is 0. The fraction of sp³-hybridized carbons (Fsp3) is 1.00. The Morgan fingerprint density at radius 1 is 0.889 bits per heavy atom. The van der Waals surface area contributed by atoms with Gasteiger partial charge in [0.15, 0.2) is 17.9 Å². The first kappa shape index (κ1) is 19.2. The maximum absolute atomic E-state index is 6.56. The zero-order valence-electron chi connectivity index (χ0n) is 16.8. The molecule has 27 heavy (non-hydrogen) atoms. The first-order valence-electron chi connectivity index (χ1n) is 10.2. The van der Waals surface area contributed by atoms with Gasteiger partial charge in [-0.3, -0.25) is 0 Å². The quantitative estimate of drug-likeness (QED) is 0.606. The van der Waals surface area contributed by atoms with Gasteiger partial charge in [-0.05, 0) is 46.5 Å². The van der Waals surface area contributed by atoms with E-state index in [9.17, 15) is 0 Å². The summed E-state index contributed by atoms with van der Waals surface area (Å²) in [6.45, 7) is 11.5. The minimum absolute atomic E-state index is 0.111. The number of rotatable bonds is 2. The molecule has 4 heterocycles. The Kier molecular flexibility index (Phi) is 4.20. The van der Waals surface area contributed by atoms with Gasteiger partial charge in [0, 0.05) is 16.7 Å². The number of alkyl halides is 1. The summed E-state index contributed by atoms with van der Waals surface area (Å²) in [6.07, 6.45) is 1.26. The number of fused-ring (bicyclic) bond motifs is 4. The van der Waals surface area contributed by atoms with Crippen molar-refractivity contribution >= 4 is 15.9 Å². The summed E-state index contributed by atoms with van der Waals surface area (Å²) in [5, 5.41) is 0.832. The lowest BCUT2D eigenvalue weighted by Crippen LogP contribution is -2.54. The van der Waals surface area contributed by atoms with Gasteiger partial charge in [0.05, 0.1) is 24.9 Å². The van der Waals surface area contributed by atoms with Crippen LogP contribution in [0.25, 0.3) is 0 Å². The van der Waals surface area contributed by atoms with Gasteiger partial charge < -0.3 is 28.4 Å². The van der Waals surface area contributed by atoms with Crippen molar-refractivity contribution in [3.05, 3.63) is 0 Å². The summed E-state index contributed by atoms with van der Waals surface area (Å²) >= 11 is 3.75. The summed E-state index contributed by atoms with van der Waals surface area (Å²) in [5.41, 5.74) is -0.364. The Morgan fingerprint density at radius 2 is 1.67 bits per heavy atom. The van der Waals surface area contributed by atoms with Gasteiger partial charge in [0.2, 0.25) is 0 Å². The molecular formula is C20H31BrO6. The molecule has 0 N–H and O–H groups in total. The highest BCUT2D eigenvalue weighted by molar-refractivity contribution is 9.09. The summed E-state index contributed by atoms with van der Waals surface area (Å²) < 4.78 is 37.8. The van der Waals surface area contributed by atoms with Crippen LogP contribution in [0.2, 0.25) is 0 Å². The first-order chi connectivity index (χ1) is 12.6. The summed E-state index contributed by atoms with van der Waals surface area (Å²) in [5.74, 6) is -0.467. The third-order valence-corrected chi connectivity index (χ3v) is 8.27. The Balaban J connectivity index is 1.57. The molecule has 1 saturated carbocycles. The van der Waals surface area contributed by atoms with Crippen LogP contribution in [0, 0.1) is 17.3 Å². The molecule has 5 rings (SSSR count). The van der Waals surface area contributed by atoms with Crippen LogP contribution in [0.4, 0.5) is 0 Å². The van der Waals surface area contributed by atoms with Crippen molar-refractivity contribution < 1.29 is 28.4 Å². The minimum Gasteiger partial charge on any atom is -0.374 e. The van der Waals surface area contributed by atoms with Crippen LogP contribution < -0.4 is 0 Å². The van der Waals surface area contributed by atoms with Crippen molar-refractivity contribution in [2.45, 2.75) is 89.2 Å². The van der Waals surface area contributed by atoms with Crippen LogP contribution in [-0.2, 0) is 28.4 Å². The van der Waals surface area contributed by atoms with E-state index in [-0.39, 0.29) is 35.6 Å². The number of halogens is 1. The van der Waals surface area contributed by atoms with Crippen molar-refractivity contribution in [1.82, 2.24) is 0 Å². The van der Waals surface area contributed by atoms with Gasteiger partial charge in [-0.1, -0.05) is 22.9 Å². The zero-order valence-corrected chi connectivity index (χ0v) is 18.4. The molecule has 7 heteroatoms. The Morgan fingerprint density at radius 3 is 2.33 bits per heavy atom. The van der Waals surface area contributed by atoms with Gasteiger partial charge >= 0.3 is 0 Å². The molecule has 154 valence electrons. The van der Waals surface area contributed by atoms with Crippen LogP contribution in [0.1, 0.15) is 47.5 Å². The molecule has 1 aliphatic carbocycles. The molecule has 0 aromatic rings. The normalized spacial score (nSPS) is 55.3. The van der Waals surface area contributed by atoms with Crippen LogP contribution in [0.3, 0.4) is 0 Å². The molecule has 5 fully saturated rings. The molecule has 0 amide bonds. The van der Waals surface area contributed by atoms with Crippen LogP contribution in [0.5, 0.6) is 0 Å². The second kappa shape index (κ2) is 5.90.